The van der Waals surface area contributed by atoms with Gasteiger partial charge < -0.3 is 16.0 Å². The second-order valence-electron chi connectivity index (χ2n) is 6.93. The Morgan fingerprint density at radius 1 is 1.29 bits per heavy atom. The van der Waals surface area contributed by atoms with Crippen molar-refractivity contribution >= 4 is 5.91 Å². The molecule has 2 aliphatic rings. The van der Waals surface area contributed by atoms with Crippen molar-refractivity contribution in [1.82, 2.24) is 10.2 Å². The van der Waals surface area contributed by atoms with Crippen molar-refractivity contribution in [3.8, 4) is 0 Å². The summed E-state index contributed by atoms with van der Waals surface area (Å²) in [4.78, 5) is 14.6. The van der Waals surface area contributed by atoms with Crippen molar-refractivity contribution in [2.24, 2.45) is 17.6 Å². The normalized spacial score (nSPS) is 29.8. The van der Waals surface area contributed by atoms with Crippen LogP contribution in [0.2, 0.25) is 0 Å². The summed E-state index contributed by atoms with van der Waals surface area (Å²) in [5, 5.41) is 3.42. The fourth-order valence-corrected chi connectivity index (χ4v) is 4.19. The van der Waals surface area contributed by atoms with Gasteiger partial charge in [0, 0.05) is 6.54 Å². The Hall–Kier alpha value is -0.610. The standard InChI is InChI=1S/C17H33N3O/c1-3-19-17(16(18)21)11-6-9-15(17)10-12-20(4-2)13-14-7-5-8-14/h14-15,19H,3-13H2,1-2H3,(H2,18,21). The van der Waals surface area contributed by atoms with Gasteiger partial charge in [0.05, 0.1) is 0 Å². The van der Waals surface area contributed by atoms with Gasteiger partial charge in [-0.15, -0.1) is 0 Å². The molecule has 3 N–H and O–H groups in total. The number of likely N-dealkylation sites (N-methyl/N-ethyl adjacent to an activating group) is 1. The highest BCUT2D eigenvalue weighted by Gasteiger charge is 2.46. The van der Waals surface area contributed by atoms with Gasteiger partial charge in [-0.2, -0.15) is 0 Å². The summed E-state index contributed by atoms with van der Waals surface area (Å²) in [5.74, 6) is 1.18. The monoisotopic (exact) mass is 295 g/mol. The van der Waals surface area contributed by atoms with Crippen LogP contribution in [0.5, 0.6) is 0 Å². The van der Waals surface area contributed by atoms with E-state index in [9.17, 15) is 4.79 Å². The minimum atomic E-state index is -0.440. The van der Waals surface area contributed by atoms with Gasteiger partial charge in [0.15, 0.2) is 0 Å². The van der Waals surface area contributed by atoms with E-state index >= 15 is 0 Å². The minimum Gasteiger partial charge on any atom is -0.368 e. The van der Waals surface area contributed by atoms with E-state index in [2.05, 4.69) is 24.1 Å². The van der Waals surface area contributed by atoms with Gasteiger partial charge in [0.1, 0.15) is 5.54 Å². The summed E-state index contributed by atoms with van der Waals surface area (Å²) in [6, 6.07) is 0. The molecule has 0 aromatic carbocycles. The topological polar surface area (TPSA) is 58.4 Å². The second kappa shape index (κ2) is 7.59. The first kappa shape index (κ1) is 16.8. The Bertz CT molecular complexity index is 343. The molecule has 1 amide bonds. The van der Waals surface area contributed by atoms with E-state index in [4.69, 9.17) is 5.73 Å². The molecule has 122 valence electrons. The largest absolute Gasteiger partial charge is 0.368 e. The first-order chi connectivity index (χ1) is 10.1. The molecule has 4 nitrogen and oxygen atoms in total. The highest BCUT2D eigenvalue weighted by atomic mass is 16.1. The van der Waals surface area contributed by atoms with Crippen LogP contribution in [-0.2, 0) is 4.79 Å². The van der Waals surface area contributed by atoms with Crippen LogP contribution in [0, 0.1) is 11.8 Å². The van der Waals surface area contributed by atoms with Crippen LogP contribution in [0.25, 0.3) is 0 Å². The van der Waals surface area contributed by atoms with Crippen molar-refractivity contribution in [2.75, 3.05) is 26.2 Å². The zero-order valence-electron chi connectivity index (χ0n) is 13.9. The maximum atomic E-state index is 12.0. The van der Waals surface area contributed by atoms with Crippen LogP contribution in [-0.4, -0.2) is 42.5 Å². The van der Waals surface area contributed by atoms with Crippen LogP contribution >= 0.6 is 0 Å². The summed E-state index contributed by atoms with van der Waals surface area (Å²) < 4.78 is 0. The lowest BCUT2D eigenvalue weighted by Gasteiger charge is -2.36. The van der Waals surface area contributed by atoms with Gasteiger partial charge in [-0.3, -0.25) is 4.79 Å². The number of primary amides is 1. The molecule has 2 aliphatic carbocycles. The van der Waals surface area contributed by atoms with E-state index in [1.54, 1.807) is 0 Å². The van der Waals surface area contributed by atoms with Gasteiger partial charge in [-0.25, -0.2) is 0 Å². The summed E-state index contributed by atoms with van der Waals surface area (Å²) in [7, 11) is 0. The molecule has 0 radical (unpaired) electrons. The maximum absolute atomic E-state index is 12.0. The van der Waals surface area contributed by atoms with Gasteiger partial charge in [-0.1, -0.05) is 26.7 Å². The van der Waals surface area contributed by atoms with Gasteiger partial charge >= 0.3 is 0 Å². The van der Waals surface area contributed by atoms with E-state index in [0.717, 1.165) is 51.2 Å². The molecule has 0 aliphatic heterocycles. The maximum Gasteiger partial charge on any atom is 0.238 e. The third-order valence-electron chi connectivity index (χ3n) is 5.73. The van der Waals surface area contributed by atoms with Crippen LogP contribution < -0.4 is 11.1 Å². The van der Waals surface area contributed by atoms with Crippen LogP contribution in [0.1, 0.15) is 58.8 Å². The number of rotatable bonds is 9. The summed E-state index contributed by atoms with van der Waals surface area (Å²) in [5.41, 5.74) is 5.30. The molecule has 0 saturated heterocycles. The van der Waals surface area contributed by atoms with Gasteiger partial charge in [-0.05, 0) is 63.6 Å². The lowest BCUT2D eigenvalue weighted by molar-refractivity contribution is -0.126. The quantitative estimate of drug-likeness (QED) is 0.685. The van der Waals surface area contributed by atoms with E-state index in [1.165, 1.54) is 25.8 Å². The molecule has 2 fully saturated rings. The molecule has 2 rings (SSSR count). The summed E-state index contributed by atoms with van der Waals surface area (Å²) in [6.45, 7) is 8.60. The molecular weight excluding hydrogens is 262 g/mol. The molecule has 2 saturated carbocycles. The number of carbonyl (C=O) groups is 1. The second-order valence-corrected chi connectivity index (χ2v) is 6.93. The Kier molecular flexibility index (Phi) is 6.06. The van der Waals surface area contributed by atoms with Crippen molar-refractivity contribution in [1.29, 1.82) is 0 Å². The zero-order chi connectivity index (χ0) is 15.3. The number of nitrogens with one attached hydrogen (secondary N) is 1. The Balaban J connectivity index is 1.88. The first-order valence-electron chi connectivity index (χ1n) is 8.89. The summed E-state index contributed by atoms with van der Waals surface area (Å²) >= 11 is 0. The number of nitrogens with zero attached hydrogens (tertiary/aromatic N) is 1. The zero-order valence-corrected chi connectivity index (χ0v) is 13.9. The molecular formula is C17H33N3O. The lowest BCUT2D eigenvalue weighted by atomic mass is 9.83. The molecule has 2 unspecified atom stereocenters. The smallest absolute Gasteiger partial charge is 0.238 e. The predicted molar refractivity (Wildman–Crippen MR) is 87.0 cm³/mol. The molecule has 0 spiro atoms. The Morgan fingerprint density at radius 2 is 2.05 bits per heavy atom. The van der Waals surface area contributed by atoms with E-state index in [0.29, 0.717) is 5.92 Å². The number of nitrogens with two attached hydrogens (primary N) is 1. The van der Waals surface area contributed by atoms with E-state index < -0.39 is 5.54 Å². The van der Waals surface area contributed by atoms with Crippen molar-refractivity contribution in [3.63, 3.8) is 0 Å². The molecule has 21 heavy (non-hydrogen) atoms. The van der Waals surface area contributed by atoms with Gasteiger partial charge in [0.25, 0.3) is 0 Å². The average Bonchev–Trinajstić information content (AvgIpc) is 2.82. The third-order valence-corrected chi connectivity index (χ3v) is 5.73. The van der Waals surface area contributed by atoms with Crippen molar-refractivity contribution in [2.45, 2.75) is 64.3 Å². The van der Waals surface area contributed by atoms with Crippen LogP contribution in [0.15, 0.2) is 0 Å². The van der Waals surface area contributed by atoms with E-state index in [-0.39, 0.29) is 5.91 Å². The molecule has 2 atom stereocenters. The van der Waals surface area contributed by atoms with Crippen molar-refractivity contribution < 1.29 is 4.79 Å². The minimum absolute atomic E-state index is 0.145. The highest BCUT2D eigenvalue weighted by Crippen LogP contribution is 2.38. The number of carbonyl (C=O) groups excluding carboxylic acids is 1. The summed E-state index contributed by atoms with van der Waals surface area (Å²) in [6.07, 6.45) is 8.49. The van der Waals surface area contributed by atoms with Crippen LogP contribution in [0.4, 0.5) is 0 Å². The lowest BCUT2D eigenvalue weighted by Crippen LogP contribution is -2.58. The SMILES string of the molecule is CCNC1(C(N)=O)CCCC1CCN(CC)CC1CCC1. The predicted octanol–water partition coefficient (Wildman–Crippen LogP) is 2.13. The van der Waals surface area contributed by atoms with Crippen LogP contribution in [0.3, 0.4) is 0 Å². The third kappa shape index (κ3) is 3.78. The molecule has 0 aromatic heterocycles. The molecule has 4 heteroatoms. The Morgan fingerprint density at radius 3 is 2.57 bits per heavy atom. The first-order valence-corrected chi connectivity index (χ1v) is 8.89. The molecule has 0 bridgehead atoms. The molecule has 0 heterocycles. The molecule has 0 aromatic rings. The number of amides is 1. The Labute approximate surface area is 129 Å². The number of hydrogen-bond donors (Lipinski definition) is 2. The fraction of sp³-hybridized carbons (Fsp3) is 0.941. The number of hydrogen-bond acceptors (Lipinski definition) is 3. The fourth-order valence-electron chi connectivity index (χ4n) is 4.19. The van der Waals surface area contributed by atoms with E-state index in [1.807, 2.05) is 0 Å². The average molecular weight is 295 g/mol. The van der Waals surface area contributed by atoms with Crippen molar-refractivity contribution in [3.05, 3.63) is 0 Å². The van der Waals surface area contributed by atoms with Gasteiger partial charge in [0.2, 0.25) is 5.91 Å². The highest BCUT2D eigenvalue weighted by molar-refractivity contribution is 5.85.